The quantitative estimate of drug-likeness (QED) is 0.577. The molecule has 0 unspecified atom stereocenters. The summed E-state index contributed by atoms with van der Waals surface area (Å²) < 4.78 is 5.79. The minimum Gasteiger partial charge on any atom is -0.410 e. The fraction of sp³-hybridized carbons (Fsp3) is 0.381. The van der Waals surface area contributed by atoms with Crippen LogP contribution in [0.4, 0.5) is 5.69 Å². The van der Waals surface area contributed by atoms with Gasteiger partial charge in [-0.05, 0) is 61.8 Å². The predicted molar refractivity (Wildman–Crippen MR) is 114 cm³/mol. The Morgan fingerprint density at radius 3 is 2.89 bits per heavy atom. The fourth-order valence-electron chi connectivity index (χ4n) is 3.49. The molecule has 7 heteroatoms. The minimum atomic E-state index is -0.0808. The van der Waals surface area contributed by atoms with Gasteiger partial charge >= 0.3 is 0 Å². The van der Waals surface area contributed by atoms with E-state index in [1.54, 1.807) is 11.3 Å². The standard InChI is InChI=1S/C21H23N3O2S2/c1-12-7-8-16-15(9-12)10-17(28-16)20-23-24-21(26-20)27-11-18(25)22-19-13(2)5-4-6-14(19)3/h4-6,10,12H,7-9,11H2,1-3H3,(H,22,25)/t12-/m0/s1. The molecule has 0 aliphatic heterocycles. The van der Waals surface area contributed by atoms with Gasteiger partial charge in [0.05, 0.1) is 10.6 Å². The van der Waals surface area contributed by atoms with E-state index in [9.17, 15) is 4.79 Å². The highest BCUT2D eigenvalue weighted by Crippen LogP contribution is 2.37. The molecule has 2 aromatic heterocycles. The lowest BCUT2D eigenvalue weighted by molar-refractivity contribution is -0.113. The van der Waals surface area contributed by atoms with E-state index in [2.05, 4.69) is 28.5 Å². The summed E-state index contributed by atoms with van der Waals surface area (Å²) in [5.41, 5.74) is 4.39. The van der Waals surface area contributed by atoms with E-state index in [1.165, 1.54) is 28.6 Å². The van der Waals surface area contributed by atoms with Crippen LogP contribution in [-0.2, 0) is 17.6 Å². The highest BCUT2D eigenvalue weighted by atomic mass is 32.2. The normalized spacial score (nSPS) is 16.0. The Balaban J connectivity index is 1.38. The molecule has 0 fully saturated rings. The Bertz CT molecular complexity index is 989. The number of thiophene rings is 1. The van der Waals surface area contributed by atoms with E-state index in [0.717, 1.165) is 40.5 Å². The molecule has 2 heterocycles. The molecule has 1 aliphatic rings. The first-order valence-corrected chi connectivity index (χ1v) is 11.2. The lowest BCUT2D eigenvalue weighted by atomic mass is 9.90. The van der Waals surface area contributed by atoms with Crippen LogP contribution in [0.3, 0.4) is 0 Å². The van der Waals surface area contributed by atoms with Crippen LogP contribution in [0, 0.1) is 19.8 Å². The summed E-state index contributed by atoms with van der Waals surface area (Å²) >= 11 is 3.01. The van der Waals surface area contributed by atoms with Crippen molar-refractivity contribution in [3.63, 3.8) is 0 Å². The summed E-state index contributed by atoms with van der Waals surface area (Å²) in [7, 11) is 0. The highest BCUT2D eigenvalue weighted by Gasteiger charge is 2.21. The molecule has 1 N–H and O–H groups in total. The maximum absolute atomic E-state index is 12.3. The zero-order chi connectivity index (χ0) is 19.7. The van der Waals surface area contributed by atoms with E-state index < -0.39 is 0 Å². The molecule has 3 aromatic rings. The third-order valence-electron chi connectivity index (χ3n) is 5.02. The van der Waals surface area contributed by atoms with Gasteiger partial charge in [0.1, 0.15) is 0 Å². The molecular formula is C21H23N3O2S2. The number of carbonyl (C=O) groups is 1. The minimum absolute atomic E-state index is 0.0808. The Morgan fingerprint density at radius 2 is 2.11 bits per heavy atom. The summed E-state index contributed by atoms with van der Waals surface area (Å²) in [6, 6.07) is 8.15. The van der Waals surface area contributed by atoms with Crippen LogP contribution in [-0.4, -0.2) is 21.9 Å². The average molecular weight is 414 g/mol. The van der Waals surface area contributed by atoms with Gasteiger partial charge in [-0.3, -0.25) is 4.79 Å². The van der Waals surface area contributed by atoms with Crippen LogP contribution < -0.4 is 5.32 Å². The molecule has 0 bridgehead atoms. The number of para-hydroxylation sites is 1. The molecule has 146 valence electrons. The van der Waals surface area contributed by atoms with Gasteiger partial charge in [-0.15, -0.1) is 21.5 Å². The summed E-state index contributed by atoms with van der Waals surface area (Å²) in [6.45, 7) is 6.27. The molecule has 1 amide bonds. The molecule has 1 atom stereocenters. The lowest BCUT2D eigenvalue weighted by Gasteiger charge is -2.16. The molecule has 0 spiro atoms. The second-order valence-electron chi connectivity index (χ2n) is 7.38. The van der Waals surface area contributed by atoms with Gasteiger partial charge in [0.15, 0.2) is 0 Å². The third kappa shape index (κ3) is 4.15. The molecule has 1 aromatic carbocycles. The van der Waals surface area contributed by atoms with Crippen molar-refractivity contribution in [2.75, 3.05) is 11.1 Å². The summed E-state index contributed by atoms with van der Waals surface area (Å²) in [6.07, 6.45) is 3.50. The molecule has 0 saturated heterocycles. The van der Waals surface area contributed by atoms with Crippen molar-refractivity contribution in [3.05, 3.63) is 45.8 Å². The van der Waals surface area contributed by atoms with Crippen molar-refractivity contribution in [2.45, 2.75) is 45.3 Å². The number of nitrogens with zero attached hydrogens (tertiary/aromatic N) is 2. The summed E-state index contributed by atoms with van der Waals surface area (Å²) in [5, 5.41) is 11.7. The van der Waals surface area contributed by atoms with Crippen LogP contribution in [0.15, 0.2) is 33.9 Å². The zero-order valence-electron chi connectivity index (χ0n) is 16.2. The second kappa shape index (κ2) is 8.09. The van der Waals surface area contributed by atoms with Gasteiger partial charge < -0.3 is 9.73 Å². The predicted octanol–water partition coefficient (Wildman–Crippen LogP) is 5.27. The SMILES string of the molecule is Cc1cccc(C)c1NC(=O)CSc1nnc(-c2cc3c(s2)CC[C@H](C)C3)o1. The molecule has 0 radical (unpaired) electrons. The Hall–Kier alpha value is -2.12. The first-order chi connectivity index (χ1) is 13.5. The topological polar surface area (TPSA) is 68.0 Å². The number of amides is 1. The van der Waals surface area contributed by atoms with Gasteiger partial charge in [-0.25, -0.2) is 0 Å². The fourth-order valence-corrected chi connectivity index (χ4v) is 5.19. The number of carbonyl (C=O) groups excluding carboxylic acids is 1. The molecule has 4 rings (SSSR count). The number of aryl methyl sites for hydroxylation is 3. The van der Waals surface area contributed by atoms with E-state index in [0.29, 0.717) is 11.1 Å². The van der Waals surface area contributed by atoms with Crippen molar-refractivity contribution >= 4 is 34.7 Å². The number of aromatic nitrogens is 2. The Morgan fingerprint density at radius 1 is 1.32 bits per heavy atom. The number of hydrogen-bond acceptors (Lipinski definition) is 6. The molecule has 1 aliphatic carbocycles. The monoisotopic (exact) mass is 413 g/mol. The second-order valence-corrected chi connectivity index (χ2v) is 9.45. The van der Waals surface area contributed by atoms with Gasteiger partial charge in [-0.2, -0.15) is 0 Å². The molecule has 28 heavy (non-hydrogen) atoms. The average Bonchev–Trinajstić information content (AvgIpc) is 3.29. The van der Waals surface area contributed by atoms with E-state index in [-0.39, 0.29) is 11.7 Å². The van der Waals surface area contributed by atoms with Crippen molar-refractivity contribution in [1.82, 2.24) is 10.2 Å². The van der Waals surface area contributed by atoms with Crippen molar-refractivity contribution in [3.8, 4) is 10.8 Å². The number of nitrogens with one attached hydrogen (secondary N) is 1. The zero-order valence-corrected chi connectivity index (χ0v) is 17.9. The molecule has 5 nitrogen and oxygen atoms in total. The first kappa shape index (κ1) is 19.2. The number of hydrogen-bond donors (Lipinski definition) is 1. The highest BCUT2D eigenvalue weighted by molar-refractivity contribution is 7.99. The van der Waals surface area contributed by atoms with Gasteiger partial charge in [0.25, 0.3) is 11.1 Å². The van der Waals surface area contributed by atoms with E-state index >= 15 is 0 Å². The summed E-state index contributed by atoms with van der Waals surface area (Å²) in [4.78, 5) is 14.8. The van der Waals surface area contributed by atoms with Crippen molar-refractivity contribution in [1.29, 1.82) is 0 Å². The van der Waals surface area contributed by atoms with E-state index in [4.69, 9.17) is 4.42 Å². The van der Waals surface area contributed by atoms with Crippen LogP contribution >= 0.6 is 23.1 Å². The van der Waals surface area contributed by atoms with Gasteiger partial charge in [-0.1, -0.05) is 36.9 Å². The number of thioether (sulfide) groups is 1. The maximum Gasteiger partial charge on any atom is 0.277 e. The number of anilines is 1. The van der Waals surface area contributed by atoms with Crippen LogP contribution in [0.5, 0.6) is 0 Å². The summed E-state index contributed by atoms with van der Waals surface area (Å²) in [5.74, 6) is 1.43. The molecule has 0 saturated carbocycles. The first-order valence-electron chi connectivity index (χ1n) is 9.44. The molecular weight excluding hydrogens is 390 g/mol. The van der Waals surface area contributed by atoms with Crippen molar-refractivity contribution in [2.24, 2.45) is 5.92 Å². The third-order valence-corrected chi connectivity index (χ3v) is 7.06. The number of benzene rings is 1. The smallest absolute Gasteiger partial charge is 0.277 e. The number of fused-ring (bicyclic) bond motifs is 1. The Labute approximate surface area is 173 Å². The van der Waals surface area contributed by atoms with Crippen molar-refractivity contribution < 1.29 is 9.21 Å². The number of rotatable bonds is 5. The largest absolute Gasteiger partial charge is 0.410 e. The Kier molecular flexibility index (Phi) is 5.55. The van der Waals surface area contributed by atoms with Crippen LogP contribution in [0.1, 0.15) is 34.9 Å². The van der Waals surface area contributed by atoms with E-state index in [1.807, 2.05) is 32.0 Å². The maximum atomic E-state index is 12.3. The van der Waals surface area contributed by atoms with Crippen LogP contribution in [0.2, 0.25) is 0 Å². The van der Waals surface area contributed by atoms with Crippen LogP contribution in [0.25, 0.3) is 10.8 Å². The van der Waals surface area contributed by atoms with Gasteiger partial charge in [0, 0.05) is 10.6 Å². The van der Waals surface area contributed by atoms with Gasteiger partial charge in [0.2, 0.25) is 5.91 Å². The lowest BCUT2D eigenvalue weighted by Crippen LogP contribution is -2.15.